The van der Waals surface area contributed by atoms with Crippen molar-refractivity contribution in [1.82, 2.24) is 10.2 Å². The maximum absolute atomic E-state index is 11.9. The van der Waals surface area contributed by atoms with E-state index in [1.807, 2.05) is 0 Å². The van der Waals surface area contributed by atoms with E-state index in [9.17, 15) is 9.59 Å². The molecule has 0 saturated carbocycles. The summed E-state index contributed by atoms with van der Waals surface area (Å²) in [5.74, 6) is -0.524. The molecule has 0 bridgehead atoms. The molecule has 1 heterocycles. The Kier molecular flexibility index (Phi) is 5.63. The maximum Gasteiger partial charge on any atom is 0.317 e. The van der Waals surface area contributed by atoms with Crippen LogP contribution in [0.4, 0.5) is 4.79 Å². The number of carboxylic acids is 1. The Hall–Kier alpha value is -1.26. The van der Waals surface area contributed by atoms with Crippen LogP contribution in [-0.4, -0.2) is 41.6 Å². The van der Waals surface area contributed by atoms with E-state index in [-0.39, 0.29) is 23.8 Å². The molecule has 0 aliphatic carbocycles. The van der Waals surface area contributed by atoms with Gasteiger partial charge in [0, 0.05) is 26.1 Å². The Morgan fingerprint density at radius 2 is 1.84 bits per heavy atom. The molecule has 5 heteroatoms. The van der Waals surface area contributed by atoms with Crippen LogP contribution < -0.4 is 5.32 Å². The summed E-state index contributed by atoms with van der Waals surface area (Å²) in [6, 6.07) is -0.0157. The Bertz CT molecular complexity index is 315. The molecule has 0 aromatic carbocycles. The van der Waals surface area contributed by atoms with Gasteiger partial charge in [-0.05, 0) is 30.6 Å². The molecule has 0 atom stereocenters. The van der Waals surface area contributed by atoms with Crippen molar-refractivity contribution >= 4 is 12.0 Å². The van der Waals surface area contributed by atoms with Crippen molar-refractivity contribution in [2.75, 3.05) is 19.6 Å². The van der Waals surface area contributed by atoms with E-state index in [2.05, 4.69) is 26.1 Å². The van der Waals surface area contributed by atoms with E-state index in [0.29, 0.717) is 19.6 Å². The van der Waals surface area contributed by atoms with E-state index in [4.69, 9.17) is 5.11 Å². The van der Waals surface area contributed by atoms with Gasteiger partial charge in [-0.1, -0.05) is 20.8 Å². The molecular formula is C14H26N2O3. The average Bonchev–Trinajstić information content (AvgIpc) is 2.27. The van der Waals surface area contributed by atoms with Crippen LogP contribution in [0, 0.1) is 11.3 Å². The van der Waals surface area contributed by atoms with Gasteiger partial charge in [0.2, 0.25) is 0 Å². The summed E-state index contributed by atoms with van der Waals surface area (Å²) in [5, 5.41) is 11.7. The van der Waals surface area contributed by atoms with Crippen molar-refractivity contribution in [1.29, 1.82) is 0 Å². The van der Waals surface area contributed by atoms with Crippen LogP contribution in [-0.2, 0) is 4.79 Å². The minimum absolute atomic E-state index is 0.0157. The normalized spacial score (nSPS) is 17.3. The van der Waals surface area contributed by atoms with Crippen molar-refractivity contribution in [3.8, 4) is 0 Å². The summed E-state index contributed by atoms with van der Waals surface area (Å²) >= 11 is 0. The number of nitrogens with zero attached hydrogens (tertiary/aromatic N) is 1. The van der Waals surface area contributed by atoms with Gasteiger partial charge in [0.25, 0.3) is 0 Å². The third-order valence-corrected chi connectivity index (χ3v) is 3.52. The SMILES string of the molecule is CC(C)(C)CCNC(=O)N1CCC(CC(=O)O)CC1. The zero-order chi connectivity index (χ0) is 14.5. The number of urea groups is 1. The lowest BCUT2D eigenvalue weighted by Gasteiger charge is -2.31. The van der Waals surface area contributed by atoms with Crippen LogP contribution in [0.2, 0.25) is 0 Å². The fraction of sp³-hybridized carbons (Fsp3) is 0.857. The molecule has 0 radical (unpaired) electrons. The molecule has 1 fully saturated rings. The van der Waals surface area contributed by atoms with Gasteiger partial charge in [-0.15, -0.1) is 0 Å². The number of amides is 2. The van der Waals surface area contributed by atoms with Crippen molar-refractivity contribution in [3.63, 3.8) is 0 Å². The third kappa shape index (κ3) is 6.45. The van der Waals surface area contributed by atoms with E-state index in [0.717, 1.165) is 19.3 Å². The number of nitrogens with one attached hydrogen (secondary N) is 1. The lowest BCUT2D eigenvalue weighted by atomic mass is 9.92. The van der Waals surface area contributed by atoms with Gasteiger partial charge in [0.05, 0.1) is 0 Å². The number of carbonyl (C=O) groups excluding carboxylic acids is 1. The predicted molar refractivity (Wildman–Crippen MR) is 74.0 cm³/mol. The van der Waals surface area contributed by atoms with Crippen LogP contribution in [0.3, 0.4) is 0 Å². The molecule has 19 heavy (non-hydrogen) atoms. The van der Waals surface area contributed by atoms with Gasteiger partial charge in [-0.3, -0.25) is 4.79 Å². The fourth-order valence-corrected chi connectivity index (χ4v) is 2.24. The molecular weight excluding hydrogens is 244 g/mol. The summed E-state index contributed by atoms with van der Waals surface area (Å²) < 4.78 is 0. The summed E-state index contributed by atoms with van der Waals surface area (Å²) in [5.41, 5.74) is 0.224. The average molecular weight is 270 g/mol. The molecule has 110 valence electrons. The standard InChI is InChI=1S/C14H26N2O3/c1-14(2,3)6-7-15-13(19)16-8-4-11(5-9-16)10-12(17)18/h11H,4-10H2,1-3H3,(H,15,19)(H,17,18). The number of aliphatic carboxylic acids is 1. The monoisotopic (exact) mass is 270 g/mol. The van der Waals surface area contributed by atoms with Gasteiger partial charge >= 0.3 is 12.0 Å². The van der Waals surface area contributed by atoms with Gasteiger partial charge in [0.1, 0.15) is 0 Å². The predicted octanol–water partition coefficient (Wildman–Crippen LogP) is 2.32. The molecule has 0 spiro atoms. The fourth-order valence-electron chi connectivity index (χ4n) is 2.24. The minimum atomic E-state index is -0.743. The topological polar surface area (TPSA) is 69.6 Å². The van der Waals surface area contributed by atoms with Gasteiger partial charge in [0.15, 0.2) is 0 Å². The molecule has 0 aromatic rings. The van der Waals surface area contributed by atoms with Gasteiger partial charge in [-0.2, -0.15) is 0 Å². The first-order chi connectivity index (χ1) is 8.78. The zero-order valence-electron chi connectivity index (χ0n) is 12.2. The number of piperidine rings is 1. The molecule has 1 aliphatic rings. The molecule has 5 nitrogen and oxygen atoms in total. The number of hydrogen-bond acceptors (Lipinski definition) is 2. The number of rotatable bonds is 4. The lowest BCUT2D eigenvalue weighted by molar-refractivity contribution is -0.138. The molecule has 1 aliphatic heterocycles. The van der Waals surface area contributed by atoms with Crippen LogP contribution in [0.15, 0.2) is 0 Å². The van der Waals surface area contributed by atoms with Crippen LogP contribution >= 0.6 is 0 Å². The van der Waals surface area contributed by atoms with Gasteiger partial charge in [-0.25, -0.2) is 4.79 Å². The van der Waals surface area contributed by atoms with E-state index in [1.165, 1.54) is 0 Å². The highest BCUT2D eigenvalue weighted by atomic mass is 16.4. The second kappa shape index (κ2) is 6.78. The Morgan fingerprint density at radius 1 is 1.26 bits per heavy atom. The number of carbonyl (C=O) groups is 2. The highest BCUT2D eigenvalue weighted by Crippen LogP contribution is 2.20. The first-order valence-electron chi connectivity index (χ1n) is 7.02. The lowest BCUT2D eigenvalue weighted by Crippen LogP contribution is -2.45. The quantitative estimate of drug-likeness (QED) is 0.823. The van der Waals surface area contributed by atoms with E-state index in [1.54, 1.807) is 4.90 Å². The van der Waals surface area contributed by atoms with Crippen LogP contribution in [0.25, 0.3) is 0 Å². The maximum atomic E-state index is 11.9. The first-order valence-corrected chi connectivity index (χ1v) is 7.02. The molecule has 2 amide bonds. The van der Waals surface area contributed by atoms with Crippen molar-refractivity contribution in [2.45, 2.75) is 46.5 Å². The number of likely N-dealkylation sites (tertiary alicyclic amines) is 1. The van der Waals surface area contributed by atoms with Crippen LogP contribution in [0.1, 0.15) is 46.5 Å². The molecule has 1 saturated heterocycles. The zero-order valence-corrected chi connectivity index (χ0v) is 12.2. The largest absolute Gasteiger partial charge is 0.481 e. The van der Waals surface area contributed by atoms with Crippen molar-refractivity contribution in [2.24, 2.45) is 11.3 Å². The molecule has 0 unspecified atom stereocenters. The molecule has 0 aromatic heterocycles. The van der Waals surface area contributed by atoms with E-state index < -0.39 is 5.97 Å². The van der Waals surface area contributed by atoms with Crippen molar-refractivity contribution in [3.05, 3.63) is 0 Å². The Balaban J connectivity index is 2.23. The summed E-state index contributed by atoms with van der Waals surface area (Å²) in [4.78, 5) is 24.3. The van der Waals surface area contributed by atoms with E-state index >= 15 is 0 Å². The second-order valence-electron chi connectivity index (χ2n) is 6.57. The van der Waals surface area contributed by atoms with Gasteiger partial charge < -0.3 is 15.3 Å². The third-order valence-electron chi connectivity index (χ3n) is 3.52. The molecule has 2 N–H and O–H groups in total. The van der Waals surface area contributed by atoms with Crippen LogP contribution in [0.5, 0.6) is 0 Å². The first kappa shape index (κ1) is 15.8. The molecule has 1 rings (SSSR count). The minimum Gasteiger partial charge on any atom is -0.481 e. The summed E-state index contributed by atoms with van der Waals surface area (Å²) in [7, 11) is 0. The summed E-state index contributed by atoms with van der Waals surface area (Å²) in [6.45, 7) is 8.47. The van der Waals surface area contributed by atoms with Crippen molar-refractivity contribution < 1.29 is 14.7 Å². The summed E-state index contributed by atoms with van der Waals surface area (Å²) in [6.07, 6.45) is 2.76. The highest BCUT2D eigenvalue weighted by Gasteiger charge is 2.24. The second-order valence-corrected chi connectivity index (χ2v) is 6.57. The smallest absolute Gasteiger partial charge is 0.317 e. The highest BCUT2D eigenvalue weighted by molar-refractivity contribution is 5.74. The number of carboxylic acid groups (broad SMARTS) is 1. The Labute approximate surface area is 115 Å². The number of hydrogen-bond donors (Lipinski definition) is 2. The Morgan fingerprint density at radius 3 is 2.32 bits per heavy atom.